The Hall–Kier alpha value is -1.91. The first-order valence-electron chi connectivity index (χ1n) is 8.22. The average Bonchev–Trinajstić information content (AvgIpc) is 3.06. The quantitative estimate of drug-likeness (QED) is 0.796. The van der Waals surface area contributed by atoms with Gasteiger partial charge in [-0.2, -0.15) is 0 Å². The Morgan fingerprint density at radius 1 is 1.43 bits per heavy atom. The van der Waals surface area contributed by atoms with Crippen molar-refractivity contribution in [3.63, 3.8) is 0 Å². The monoisotopic (exact) mass is 312 g/mol. The maximum absolute atomic E-state index is 5.75. The predicted octanol–water partition coefficient (Wildman–Crippen LogP) is 3.38. The number of hydrogen-bond donors (Lipinski definition) is 1. The second kappa shape index (κ2) is 7.57. The van der Waals surface area contributed by atoms with Crippen LogP contribution in [0.4, 0.5) is 0 Å². The molecule has 2 heterocycles. The number of rotatable bonds is 7. The van der Waals surface area contributed by atoms with Gasteiger partial charge < -0.3 is 14.8 Å². The van der Waals surface area contributed by atoms with E-state index >= 15 is 0 Å². The molecule has 3 rings (SSSR count). The molecule has 1 aromatic heterocycles. The molecule has 0 radical (unpaired) electrons. The topological polar surface area (TPSA) is 43.4 Å². The first kappa shape index (κ1) is 16.0. The lowest BCUT2D eigenvalue weighted by Crippen LogP contribution is -2.26. The van der Waals surface area contributed by atoms with Crippen LogP contribution in [-0.2, 0) is 11.3 Å². The molecule has 0 unspecified atom stereocenters. The number of pyridine rings is 1. The largest absolute Gasteiger partial charge is 0.473 e. The van der Waals surface area contributed by atoms with Crippen LogP contribution in [0.5, 0.6) is 5.88 Å². The molecule has 0 spiro atoms. The molecule has 0 aliphatic carbocycles. The van der Waals surface area contributed by atoms with Crippen molar-refractivity contribution in [2.45, 2.75) is 32.4 Å². The van der Waals surface area contributed by atoms with E-state index in [-0.39, 0.29) is 0 Å². The lowest BCUT2D eigenvalue weighted by molar-refractivity contribution is 0.110. The third-order valence-electron chi connectivity index (χ3n) is 4.06. The van der Waals surface area contributed by atoms with Crippen LogP contribution in [0.25, 0.3) is 10.9 Å². The molecule has 1 aromatic carbocycles. The summed E-state index contributed by atoms with van der Waals surface area (Å²) >= 11 is 0. The second-order valence-corrected chi connectivity index (χ2v) is 6.01. The van der Waals surface area contributed by atoms with Gasteiger partial charge in [-0.25, -0.2) is 4.98 Å². The number of hydrogen-bond acceptors (Lipinski definition) is 4. The Balaban J connectivity index is 1.77. The number of fused-ring (bicyclic) bond motifs is 1. The van der Waals surface area contributed by atoms with Gasteiger partial charge in [0.1, 0.15) is 6.61 Å². The second-order valence-electron chi connectivity index (χ2n) is 6.01. The highest BCUT2D eigenvalue weighted by Crippen LogP contribution is 2.23. The van der Waals surface area contributed by atoms with Gasteiger partial charge in [-0.05, 0) is 38.0 Å². The van der Waals surface area contributed by atoms with Gasteiger partial charge in [-0.3, -0.25) is 0 Å². The highest BCUT2D eigenvalue weighted by Gasteiger charge is 2.15. The van der Waals surface area contributed by atoms with Crippen molar-refractivity contribution in [3.05, 3.63) is 48.0 Å². The summed E-state index contributed by atoms with van der Waals surface area (Å²) in [6, 6.07) is 8.43. The van der Waals surface area contributed by atoms with E-state index in [0.29, 0.717) is 18.6 Å². The number of benzene rings is 1. The van der Waals surface area contributed by atoms with Gasteiger partial charge in [0.2, 0.25) is 5.88 Å². The Morgan fingerprint density at radius 3 is 3.13 bits per heavy atom. The van der Waals surface area contributed by atoms with E-state index < -0.39 is 0 Å². The van der Waals surface area contributed by atoms with Gasteiger partial charge in [0, 0.05) is 30.6 Å². The van der Waals surface area contributed by atoms with E-state index in [4.69, 9.17) is 9.47 Å². The lowest BCUT2D eigenvalue weighted by atomic mass is 10.1. The number of aryl methyl sites for hydroxylation is 1. The fourth-order valence-electron chi connectivity index (χ4n) is 2.88. The van der Waals surface area contributed by atoms with Crippen LogP contribution in [0.1, 0.15) is 24.0 Å². The summed E-state index contributed by atoms with van der Waals surface area (Å²) in [6.07, 6.45) is 4.38. The van der Waals surface area contributed by atoms with Crippen molar-refractivity contribution in [3.8, 4) is 5.88 Å². The van der Waals surface area contributed by atoms with Crippen LogP contribution in [0.3, 0.4) is 0 Å². The Morgan fingerprint density at radius 2 is 2.35 bits per heavy atom. The van der Waals surface area contributed by atoms with Crippen LogP contribution in [0.15, 0.2) is 36.9 Å². The predicted molar refractivity (Wildman–Crippen MR) is 92.9 cm³/mol. The van der Waals surface area contributed by atoms with E-state index in [1.807, 2.05) is 6.07 Å². The highest BCUT2D eigenvalue weighted by molar-refractivity contribution is 5.80. The van der Waals surface area contributed by atoms with Gasteiger partial charge in [0.25, 0.3) is 0 Å². The van der Waals surface area contributed by atoms with E-state index in [1.165, 1.54) is 5.56 Å². The van der Waals surface area contributed by atoms with E-state index in [9.17, 15) is 0 Å². The molecule has 0 amide bonds. The number of aromatic nitrogens is 1. The molecule has 1 aliphatic rings. The van der Waals surface area contributed by atoms with E-state index in [2.05, 4.69) is 42.0 Å². The molecule has 0 bridgehead atoms. The normalized spacial score (nSPS) is 17.5. The molecule has 1 aliphatic heterocycles. The maximum atomic E-state index is 5.75. The molecule has 1 fully saturated rings. The van der Waals surface area contributed by atoms with Crippen LogP contribution in [-0.4, -0.2) is 30.8 Å². The minimum Gasteiger partial charge on any atom is -0.473 e. The van der Waals surface area contributed by atoms with Gasteiger partial charge >= 0.3 is 0 Å². The summed E-state index contributed by atoms with van der Waals surface area (Å²) in [4.78, 5) is 4.66. The first-order chi connectivity index (χ1) is 11.3. The first-order valence-corrected chi connectivity index (χ1v) is 8.22. The number of ether oxygens (including phenoxy) is 2. The van der Waals surface area contributed by atoms with Crippen molar-refractivity contribution < 1.29 is 9.47 Å². The maximum Gasteiger partial charge on any atom is 0.218 e. The molecule has 2 aromatic rings. The standard InChI is InChI=1S/C19H24N2O2/c1-3-8-23-19-16(12-20-13-17-5-4-9-22-17)11-15-10-14(2)6-7-18(15)21-19/h3,6-7,10-11,17,20H,1,4-5,8-9,12-13H2,2H3/t17-/m1/s1. The fraction of sp³-hybridized carbons (Fsp3) is 0.421. The van der Waals surface area contributed by atoms with Crippen LogP contribution >= 0.6 is 0 Å². The van der Waals surface area contributed by atoms with Crippen molar-refractivity contribution in [2.24, 2.45) is 0 Å². The zero-order valence-corrected chi connectivity index (χ0v) is 13.7. The summed E-state index contributed by atoms with van der Waals surface area (Å²) < 4.78 is 11.4. The van der Waals surface area contributed by atoms with Crippen LogP contribution in [0.2, 0.25) is 0 Å². The molecule has 23 heavy (non-hydrogen) atoms. The summed E-state index contributed by atoms with van der Waals surface area (Å²) in [5, 5.41) is 4.61. The third-order valence-corrected chi connectivity index (χ3v) is 4.06. The molecule has 4 heteroatoms. The Labute approximate surface area is 137 Å². The van der Waals surface area contributed by atoms with E-state index in [0.717, 1.165) is 49.0 Å². The molecule has 1 N–H and O–H groups in total. The minimum absolute atomic E-state index is 0.336. The molecule has 4 nitrogen and oxygen atoms in total. The SMILES string of the molecule is C=CCOc1nc2ccc(C)cc2cc1CNC[C@H]1CCCO1. The number of nitrogens with one attached hydrogen (secondary N) is 1. The van der Waals surface area contributed by atoms with Gasteiger partial charge in [-0.15, -0.1) is 0 Å². The lowest BCUT2D eigenvalue weighted by Gasteiger charge is -2.14. The summed E-state index contributed by atoms with van der Waals surface area (Å²) in [7, 11) is 0. The Kier molecular flexibility index (Phi) is 5.26. The van der Waals surface area contributed by atoms with Gasteiger partial charge in [-0.1, -0.05) is 24.3 Å². The zero-order chi connectivity index (χ0) is 16.1. The smallest absolute Gasteiger partial charge is 0.218 e. The van der Waals surface area contributed by atoms with Crippen LogP contribution in [0, 0.1) is 6.92 Å². The van der Waals surface area contributed by atoms with E-state index in [1.54, 1.807) is 6.08 Å². The summed E-state index contributed by atoms with van der Waals surface area (Å²) in [5.74, 6) is 0.682. The third kappa shape index (κ3) is 4.09. The van der Waals surface area contributed by atoms with Crippen molar-refractivity contribution >= 4 is 10.9 Å². The molecule has 1 atom stereocenters. The average molecular weight is 312 g/mol. The number of nitrogens with zero attached hydrogens (tertiary/aromatic N) is 1. The molecule has 0 saturated carbocycles. The molecular weight excluding hydrogens is 288 g/mol. The summed E-state index contributed by atoms with van der Waals surface area (Å²) in [5.41, 5.74) is 3.26. The highest BCUT2D eigenvalue weighted by atomic mass is 16.5. The fourth-order valence-corrected chi connectivity index (χ4v) is 2.88. The van der Waals surface area contributed by atoms with Gasteiger partial charge in [0.15, 0.2) is 0 Å². The Bertz CT molecular complexity index is 678. The zero-order valence-electron chi connectivity index (χ0n) is 13.7. The molecule has 1 saturated heterocycles. The van der Waals surface area contributed by atoms with Gasteiger partial charge in [0.05, 0.1) is 11.6 Å². The molecule has 122 valence electrons. The van der Waals surface area contributed by atoms with Crippen LogP contribution < -0.4 is 10.1 Å². The van der Waals surface area contributed by atoms with Crippen molar-refractivity contribution in [1.29, 1.82) is 0 Å². The molecular formula is C19H24N2O2. The van der Waals surface area contributed by atoms with Crippen molar-refractivity contribution in [1.82, 2.24) is 10.3 Å². The minimum atomic E-state index is 0.336. The summed E-state index contributed by atoms with van der Waals surface area (Å²) in [6.45, 7) is 8.74. The van der Waals surface area contributed by atoms with Crippen molar-refractivity contribution in [2.75, 3.05) is 19.8 Å².